The van der Waals surface area contributed by atoms with E-state index in [1.54, 1.807) is 6.07 Å². The Morgan fingerprint density at radius 3 is 2.70 bits per heavy atom. The Morgan fingerprint density at radius 1 is 1.22 bits per heavy atom. The van der Waals surface area contributed by atoms with Crippen LogP contribution in [0.2, 0.25) is 0 Å². The Labute approximate surface area is 156 Å². The maximum Gasteiger partial charge on any atom is 0.354 e. The summed E-state index contributed by atoms with van der Waals surface area (Å²) in [5.74, 6) is -0.828. The molecular formula is C18H21N5O4. The number of aromatic carboxylic acids is 1. The van der Waals surface area contributed by atoms with Gasteiger partial charge in [0, 0.05) is 24.8 Å². The summed E-state index contributed by atoms with van der Waals surface area (Å²) in [4.78, 5) is 33.8. The zero-order valence-corrected chi connectivity index (χ0v) is 14.9. The molecule has 0 aliphatic carbocycles. The zero-order chi connectivity index (χ0) is 19.2. The van der Waals surface area contributed by atoms with Crippen LogP contribution < -0.4 is 15.5 Å². The highest BCUT2D eigenvalue weighted by molar-refractivity contribution is 5.94. The number of hydrogen-bond donors (Lipinski definition) is 3. The van der Waals surface area contributed by atoms with Gasteiger partial charge in [-0.05, 0) is 24.6 Å². The second-order valence-electron chi connectivity index (χ2n) is 6.11. The third kappa shape index (κ3) is 5.14. The van der Waals surface area contributed by atoms with Crippen molar-refractivity contribution in [2.75, 3.05) is 48.4 Å². The minimum Gasteiger partial charge on any atom is -0.477 e. The van der Waals surface area contributed by atoms with Crippen LogP contribution >= 0.6 is 0 Å². The van der Waals surface area contributed by atoms with Gasteiger partial charge < -0.3 is 25.4 Å². The van der Waals surface area contributed by atoms with Gasteiger partial charge in [0.05, 0.1) is 19.8 Å². The number of carboxylic acid groups (broad SMARTS) is 1. The number of carbonyl (C=O) groups is 2. The van der Waals surface area contributed by atoms with Crippen molar-refractivity contribution in [2.24, 2.45) is 0 Å². The van der Waals surface area contributed by atoms with E-state index in [1.807, 2.05) is 30.0 Å². The highest BCUT2D eigenvalue weighted by Gasteiger charge is 2.18. The third-order valence-corrected chi connectivity index (χ3v) is 3.96. The fourth-order valence-electron chi connectivity index (χ4n) is 2.64. The van der Waals surface area contributed by atoms with Gasteiger partial charge in [0.25, 0.3) is 0 Å². The van der Waals surface area contributed by atoms with Gasteiger partial charge in [0.2, 0.25) is 11.9 Å². The molecule has 0 atom stereocenters. The molecule has 1 saturated heterocycles. The van der Waals surface area contributed by atoms with Gasteiger partial charge in [0.1, 0.15) is 5.82 Å². The molecule has 0 unspecified atom stereocenters. The molecule has 0 spiro atoms. The standard InChI is InChI=1S/C18H21N5O4/c1-12-3-2-4-13(9-12)20-16(24)11-19-15-10-14(17(25)26)21-18(22-15)23-5-7-27-8-6-23/h2-4,9-10H,5-8,11H2,1H3,(H,20,24)(H,25,26)(H,19,21,22). The number of aromatic nitrogens is 2. The van der Waals surface area contributed by atoms with Crippen LogP contribution in [0.4, 0.5) is 17.5 Å². The van der Waals surface area contributed by atoms with Crippen molar-refractivity contribution in [1.82, 2.24) is 9.97 Å². The van der Waals surface area contributed by atoms with Gasteiger partial charge >= 0.3 is 5.97 Å². The van der Waals surface area contributed by atoms with Crippen molar-refractivity contribution in [2.45, 2.75) is 6.92 Å². The smallest absolute Gasteiger partial charge is 0.354 e. The molecule has 2 aromatic rings. The fourth-order valence-corrected chi connectivity index (χ4v) is 2.64. The van der Waals surface area contributed by atoms with Crippen LogP contribution in [0.15, 0.2) is 30.3 Å². The number of nitrogens with one attached hydrogen (secondary N) is 2. The van der Waals surface area contributed by atoms with Gasteiger partial charge in [-0.15, -0.1) is 0 Å². The van der Waals surface area contributed by atoms with Gasteiger partial charge in [0.15, 0.2) is 5.69 Å². The van der Waals surface area contributed by atoms with Gasteiger partial charge in [-0.25, -0.2) is 9.78 Å². The lowest BCUT2D eigenvalue weighted by atomic mass is 10.2. The highest BCUT2D eigenvalue weighted by atomic mass is 16.5. The summed E-state index contributed by atoms with van der Waals surface area (Å²) < 4.78 is 5.29. The second kappa shape index (κ2) is 8.45. The van der Waals surface area contributed by atoms with Crippen LogP contribution in [-0.2, 0) is 9.53 Å². The molecule has 3 rings (SSSR count). The van der Waals surface area contributed by atoms with Crippen molar-refractivity contribution in [3.8, 4) is 0 Å². The van der Waals surface area contributed by atoms with Crippen LogP contribution in [0, 0.1) is 6.92 Å². The summed E-state index contributed by atoms with van der Waals surface area (Å²) >= 11 is 0. The minimum absolute atomic E-state index is 0.0490. The first-order valence-corrected chi connectivity index (χ1v) is 8.57. The van der Waals surface area contributed by atoms with Crippen molar-refractivity contribution < 1.29 is 19.4 Å². The number of carbonyl (C=O) groups excluding carboxylic acids is 1. The van der Waals surface area contributed by atoms with Crippen LogP contribution in [0.5, 0.6) is 0 Å². The molecular weight excluding hydrogens is 350 g/mol. The first kappa shape index (κ1) is 18.6. The van der Waals surface area contributed by atoms with E-state index in [0.717, 1.165) is 5.56 Å². The zero-order valence-electron chi connectivity index (χ0n) is 14.9. The number of carboxylic acids is 1. The maximum atomic E-state index is 12.1. The molecule has 142 valence electrons. The number of rotatable bonds is 6. The number of anilines is 3. The first-order valence-electron chi connectivity index (χ1n) is 8.57. The molecule has 9 nitrogen and oxygen atoms in total. The number of morpholine rings is 1. The number of benzene rings is 1. The molecule has 0 saturated carbocycles. The topological polar surface area (TPSA) is 117 Å². The predicted octanol–water partition coefficient (Wildman–Crippen LogP) is 1.37. The Bertz CT molecular complexity index is 836. The fraction of sp³-hybridized carbons (Fsp3) is 0.333. The normalized spacial score (nSPS) is 13.9. The molecule has 1 fully saturated rings. The lowest BCUT2D eigenvalue weighted by Crippen LogP contribution is -2.37. The van der Waals surface area contributed by atoms with E-state index in [9.17, 15) is 14.7 Å². The average molecular weight is 371 g/mol. The summed E-state index contributed by atoms with van der Waals surface area (Å²) in [6.07, 6.45) is 0. The minimum atomic E-state index is -1.15. The third-order valence-electron chi connectivity index (χ3n) is 3.96. The van der Waals surface area contributed by atoms with Crippen LogP contribution in [0.3, 0.4) is 0 Å². The average Bonchev–Trinajstić information content (AvgIpc) is 2.67. The summed E-state index contributed by atoms with van der Waals surface area (Å²) in [7, 11) is 0. The quantitative estimate of drug-likeness (QED) is 0.697. The van der Waals surface area contributed by atoms with Crippen molar-refractivity contribution >= 4 is 29.3 Å². The lowest BCUT2D eigenvalue weighted by molar-refractivity contribution is -0.114. The number of amides is 1. The highest BCUT2D eigenvalue weighted by Crippen LogP contribution is 2.16. The Hall–Kier alpha value is -3.20. The summed E-state index contributed by atoms with van der Waals surface area (Å²) in [6.45, 7) is 4.11. The first-order chi connectivity index (χ1) is 13.0. The summed E-state index contributed by atoms with van der Waals surface area (Å²) in [5, 5.41) is 14.9. The van der Waals surface area contributed by atoms with E-state index in [-0.39, 0.29) is 24.0 Å². The van der Waals surface area contributed by atoms with E-state index >= 15 is 0 Å². The molecule has 1 aromatic carbocycles. The number of aryl methyl sites for hydroxylation is 1. The lowest BCUT2D eigenvalue weighted by Gasteiger charge is -2.27. The van der Waals surface area contributed by atoms with Crippen molar-refractivity contribution in [3.63, 3.8) is 0 Å². The van der Waals surface area contributed by atoms with E-state index < -0.39 is 5.97 Å². The van der Waals surface area contributed by atoms with Gasteiger partial charge in [-0.1, -0.05) is 12.1 Å². The van der Waals surface area contributed by atoms with E-state index in [4.69, 9.17) is 4.74 Å². The van der Waals surface area contributed by atoms with Crippen molar-refractivity contribution in [1.29, 1.82) is 0 Å². The molecule has 27 heavy (non-hydrogen) atoms. The van der Waals surface area contributed by atoms with Crippen molar-refractivity contribution in [3.05, 3.63) is 41.6 Å². The van der Waals surface area contributed by atoms with E-state index in [2.05, 4.69) is 20.6 Å². The monoisotopic (exact) mass is 371 g/mol. The summed E-state index contributed by atoms with van der Waals surface area (Å²) in [6, 6.07) is 8.77. The van der Waals surface area contributed by atoms with E-state index in [0.29, 0.717) is 37.9 Å². The van der Waals surface area contributed by atoms with Crippen LogP contribution in [0.25, 0.3) is 0 Å². The van der Waals surface area contributed by atoms with Gasteiger partial charge in [-0.2, -0.15) is 4.98 Å². The predicted molar refractivity (Wildman–Crippen MR) is 100 cm³/mol. The van der Waals surface area contributed by atoms with Gasteiger partial charge in [-0.3, -0.25) is 4.79 Å². The number of hydrogen-bond acceptors (Lipinski definition) is 7. The largest absolute Gasteiger partial charge is 0.477 e. The maximum absolute atomic E-state index is 12.1. The Kier molecular flexibility index (Phi) is 5.82. The van der Waals surface area contributed by atoms with E-state index in [1.165, 1.54) is 6.07 Å². The molecule has 1 amide bonds. The molecule has 1 aromatic heterocycles. The summed E-state index contributed by atoms with van der Waals surface area (Å²) in [5.41, 5.74) is 1.61. The number of nitrogens with zero attached hydrogens (tertiary/aromatic N) is 3. The molecule has 1 aliphatic heterocycles. The Balaban J connectivity index is 1.68. The Morgan fingerprint density at radius 2 is 2.00 bits per heavy atom. The second-order valence-corrected chi connectivity index (χ2v) is 6.11. The SMILES string of the molecule is Cc1cccc(NC(=O)CNc2cc(C(=O)O)nc(N3CCOCC3)n2)c1. The molecule has 3 N–H and O–H groups in total. The number of ether oxygens (including phenoxy) is 1. The molecule has 9 heteroatoms. The van der Waals surface area contributed by atoms with Crippen LogP contribution in [0.1, 0.15) is 16.1 Å². The molecule has 0 bridgehead atoms. The molecule has 2 heterocycles. The van der Waals surface area contributed by atoms with Crippen LogP contribution in [-0.4, -0.2) is 59.8 Å². The molecule has 0 radical (unpaired) electrons. The molecule has 1 aliphatic rings.